The normalized spacial score (nSPS) is 10.7. The fourth-order valence-corrected chi connectivity index (χ4v) is 2.14. The lowest BCUT2D eigenvalue weighted by Gasteiger charge is -2.19. The number of hydrogen-bond acceptors (Lipinski definition) is 4. The summed E-state index contributed by atoms with van der Waals surface area (Å²) in [4.78, 5) is 19.3. The van der Waals surface area contributed by atoms with E-state index in [4.69, 9.17) is 16.0 Å². The number of amides is 1. The van der Waals surface area contributed by atoms with Crippen molar-refractivity contribution >= 4 is 11.8 Å². The van der Waals surface area contributed by atoms with Crippen molar-refractivity contribution in [3.63, 3.8) is 0 Å². The third kappa shape index (κ3) is 6.10. The second kappa shape index (κ2) is 8.34. The molecule has 0 aliphatic carbocycles. The number of alkyl carbamates (subject to hydrolysis) is 1. The van der Waals surface area contributed by atoms with E-state index in [1.54, 1.807) is 24.4 Å². The third-order valence-corrected chi connectivity index (χ3v) is 3.32. The summed E-state index contributed by atoms with van der Waals surface area (Å²) in [6.07, 6.45) is 1.85. The molecule has 0 atom stereocenters. The van der Waals surface area contributed by atoms with Crippen molar-refractivity contribution < 1.29 is 14.3 Å². The van der Waals surface area contributed by atoms with Crippen molar-refractivity contribution in [3.05, 3.63) is 59.1 Å². The predicted molar refractivity (Wildman–Crippen MR) is 99.7 cm³/mol. The quantitative estimate of drug-likeness (QED) is 0.784. The monoisotopic (exact) mass is 353 g/mol. The Bertz CT molecular complexity index is 803. The predicted octanol–water partition coefficient (Wildman–Crippen LogP) is 4.80. The molecule has 0 spiro atoms. The van der Waals surface area contributed by atoms with Crippen LogP contribution in [0, 0.1) is 13.5 Å². The van der Waals surface area contributed by atoms with E-state index < -0.39 is 11.7 Å². The van der Waals surface area contributed by atoms with Gasteiger partial charge in [-0.15, -0.1) is 0 Å². The summed E-state index contributed by atoms with van der Waals surface area (Å²) >= 11 is 0. The number of benzene rings is 1. The SMILES string of the molecule is [C-]#[N+]c1cc(CCNC(=O)OC(C)(C)C)ccc1Oc1ccc(C)cn1. The first kappa shape index (κ1) is 19.3. The molecule has 0 saturated carbocycles. The molecule has 0 unspecified atom stereocenters. The number of carbonyl (C=O) groups excluding carboxylic acids is 1. The number of nitrogens with one attached hydrogen (secondary N) is 1. The molecule has 136 valence electrons. The Kier molecular flexibility index (Phi) is 6.18. The van der Waals surface area contributed by atoms with Gasteiger partial charge in [0, 0.05) is 18.8 Å². The number of aryl methyl sites for hydroxylation is 1. The summed E-state index contributed by atoms with van der Waals surface area (Å²) in [5.74, 6) is 0.903. The molecule has 0 saturated heterocycles. The van der Waals surface area contributed by atoms with Gasteiger partial charge in [0.05, 0.1) is 6.57 Å². The van der Waals surface area contributed by atoms with Crippen molar-refractivity contribution in [2.75, 3.05) is 6.54 Å². The molecular formula is C20H23N3O3. The maximum atomic E-state index is 11.6. The molecule has 2 rings (SSSR count). The van der Waals surface area contributed by atoms with Crippen molar-refractivity contribution in [3.8, 4) is 11.6 Å². The van der Waals surface area contributed by atoms with Crippen LogP contribution in [0.3, 0.4) is 0 Å². The molecule has 6 nitrogen and oxygen atoms in total. The molecule has 0 radical (unpaired) electrons. The van der Waals surface area contributed by atoms with Crippen LogP contribution in [0.15, 0.2) is 36.5 Å². The third-order valence-electron chi connectivity index (χ3n) is 3.32. The molecule has 1 heterocycles. The molecule has 1 N–H and O–H groups in total. The largest absolute Gasteiger partial charge is 0.450 e. The van der Waals surface area contributed by atoms with Gasteiger partial charge in [-0.3, -0.25) is 0 Å². The second-order valence-corrected chi connectivity index (χ2v) is 6.87. The fourth-order valence-electron chi connectivity index (χ4n) is 2.14. The molecule has 1 aromatic carbocycles. The van der Waals surface area contributed by atoms with Gasteiger partial charge in [0.25, 0.3) is 0 Å². The number of hydrogen-bond donors (Lipinski definition) is 1. The van der Waals surface area contributed by atoms with Crippen LogP contribution in [0.25, 0.3) is 4.85 Å². The number of nitrogens with zero attached hydrogens (tertiary/aromatic N) is 2. The first-order valence-corrected chi connectivity index (χ1v) is 8.34. The number of aromatic nitrogens is 1. The second-order valence-electron chi connectivity index (χ2n) is 6.87. The Hall–Kier alpha value is -3.07. The minimum Gasteiger partial charge on any atom is -0.450 e. The Morgan fingerprint density at radius 1 is 1.27 bits per heavy atom. The molecule has 0 aliphatic rings. The van der Waals surface area contributed by atoms with Gasteiger partial charge in [0.2, 0.25) is 11.6 Å². The Morgan fingerprint density at radius 3 is 2.65 bits per heavy atom. The Labute approximate surface area is 154 Å². The van der Waals surface area contributed by atoms with Gasteiger partial charge < -0.3 is 14.8 Å². The molecule has 2 aromatic rings. The fraction of sp³-hybridized carbons (Fsp3) is 0.350. The van der Waals surface area contributed by atoms with E-state index in [0.29, 0.717) is 30.3 Å². The lowest BCUT2D eigenvalue weighted by Crippen LogP contribution is -2.33. The smallest absolute Gasteiger partial charge is 0.407 e. The van der Waals surface area contributed by atoms with Crippen LogP contribution >= 0.6 is 0 Å². The van der Waals surface area contributed by atoms with Gasteiger partial charge in [-0.1, -0.05) is 17.7 Å². The van der Waals surface area contributed by atoms with Crippen LogP contribution in [0.2, 0.25) is 0 Å². The van der Waals surface area contributed by atoms with Gasteiger partial charge in [0.1, 0.15) is 11.4 Å². The summed E-state index contributed by atoms with van der Waals surface area (Å²) in [6.45, 7) is 15.2. The van der Waals surface area contributed by atoms with Crippen LogP contribution in [-0.2, 0) is 11.2 Å². The average molecular weight is 353 g/mol. The van der Waals surface area contributed by atoms with Gasteiger partial charge in [-0.05, 0) is 51.8 Å². The number of carbonyl (C=O) groups is 1. The summed E-state index contributed by atoms with van der Waals surface area (Å²) in [6, 6.07) is 9.04. The first-order valence-electron chi connectivity index (χ1n) is 8.34. The van der Waals surface area contributed by atoms with Gasteiger partial charge in [-0.2, -0.15) is 0 Å². The van der Waals surface area contributed by atoms with E-state index in [1.807, 2.05) is 39.8 Å². The highest BCUT2D eigenvalue weighted by atomic mass is 16.6. The molecule has 1 aromatic heterocycles. The lowest BCUT2D eigenvalue weighted by atomic mass is 10.1. The summed E-state index contributed by atoms with van der Waals surface area (Å²) in [5.41, 5.74) is 1.85. The van der Waals surface area contributed by atoms with E-state index in [0.717, 1.165) is 11.1 Å². The van der Waals surface area contributed by atoms with E-state index in [-0.39, 0.29) is 0 Å². The van der Waals surface area contributed by atoms with Crippen LogP contribution in [0.5, 0.6) is 11.6 Å². The average Bonchev–Trinajstić information content (AvgIpc) is 2.56. The Morgan fingerprint density at radius 2 is 2.04 bits per heavy atom. The molecular weight excluding hydrogens is 330 g/mol. The zero-order valence-corrected chi connectivity index (χ0v) is 15.5. The van der Waals surface area contributed by atoms with Crippen LogP contribution < -0.4 is 10.1 Å². The standard InChI is InChI=1S/C20H23N3O3/c1-14-6-9-18(23-13-14)25-17-8-7-15(12-16(17)21-5)10-11-22-19(24)26-20(2,3)4/h6-9,12-13H,10-11H2,1-4H3,(H,22,24). The van der Waals surface area contributed by atoms with Gasteiger partial charge >= 0.3 is 6.09 Å². The highest BCUT2D eigenvalue weighted by Crippen LogP contribution is 2.32. The van der Waals surface area contributed by atoms with Crippen LogP contribution in [-0.4, -0.2) is 23.2 Å². The number of ether oxygens (including phenoxy) is 2. The van der Waals surface area contributed by atoms with Crippen molar-refractivity contribution in [1.29, 1.82) is 0 Å². The van der Waals surface area contributed by atoms with Crippen molar-refractivity contribution in [1.82, 2.24) is 10.3 Å². The van der Waals surface area contributed by atoms with E-state index in [2.05, 4.69) is 15.1 Å². The molecule has 0 aliphatic heterocycles. The minimum atomic E-state index is -0.523. The summed E-state index contributed by atoms with van der Waals surface area (Å²) in [5, 5.41) is 2.70. The maximum absolute atomic E-state index is 11.6. The number of rotatable bonds is 5. The summed E-state index contributed by atoms with van der Waals surface area (Å²) in [7, 11) is 0. The van der Waals surface area contributed by atoms with E-state index >= 15 is 0 Å². The molecule has 26 heavy (non-hydrogen) atoms. The van der Waals surface area contributed by atoms with Crippen molar-refractivity contribution in [2.45, 2.75) is 39.7 Å². The lowest BCUT2D eigenvalue weighted by molar-refractivity contribution is 0.0528. The highest BCUT2D eigenvalue weighted by Gasteiger charge is 2.15. The van der Waals surface area contributed by atoms with Crippen LogP contribution in [0.1, 0.15) is 31.9 Å². The molecule has 0 fully saturated rings. The number of pyridine rings is 1. The van der Waals surface area contributed by atoms with Crippen LogP contribution in [0.4, 0.5) is 10.5 Å². The zero-order chi connectivity index (χ0) is 19.2. The molecule has 1 amide bonds. The van der Waals surface area contributed by atoms with Gasteiger partial charge in [-0.25, -0.2) is 14.6 Å². The van der Waals surface area contributed by atoms with Gasteiger partial charge in [0.15, 0.2) is 0 Å². The molecule has 6 heteroatoms. The van der Waals surface area contributed by atoms with Crippen molar-refractivity contribution in [2.24, 2.45) is 0 Å². The Balaban J connectivity index is 1.96. The zero-order valence-electron chi connectivity index (χ0n) is 15.5. The first-order chi connectivity index (χ1) is 12.3. The summed E-state index contributed by atoms with van der Waals surface area (Å²) < 4.78 is 10.9. The van der Waals surface area contributed by atoms with E-state index in [1.165, 1.54) is 0 Å². The highest BCUT2D eigenvalue weighted by molar-refractivity contribution is 5.67. The van der Waals surface area contributed by atoms with E-state index in [9.17, 15) is 4.79 Å². The minimum absolute atomic E-state index is 0.405. The topological polar surface area (TPSA) is 64.8 Å². The maximum Gasteiger partial charge on any atom is 0.407 e. The molecule has 0 bridgehead atoms.